The number of hydrogen-bond acceptors (Lipinski definition) is 2. The summed E-state index contributed by atoms with van der Waals surface area (Å²) in [6.45, 7) is 2.24. The predicted molar refractivity (Wildman–Crippen MR) is 96.1 cm³/mol. The molecule has 0 aromatic carbocycles. The highest BCUT2D eigenvalue weighted by atomic mass is 16.4. The second-order valence-electron chi connectivity index (χ2n) is 7.45. The molecule has 140 valence electrons. The number of unbranched alkanes of at least 4 members (excludes halogenated alkanes) is 9. The Balaban J connectivity index is 2.04. The van der Waals surface area contributed by atoms with Gasteiger partial charge in [0.1, 0.15) is 0 Å². The van der Waals surface area contributed by atoms with Crippen LogP contribution in [0.1, 0.15) is 96.8 Å². The van der Waals surface area contributed by atoms with E-state index >= 15 is 0 Å². The Hall–Kier alpha value is -1.06. The third-order valence-electron chi connectivity index (χ3n) is 5.44. The van der Waals surface area contributed by atoms with Crippen LogP contribution in [-0.2, 0) is 9.59 Å². The van der Waals surface area contributed by atoms with E-state index in [1.165, 1.54) is 51.4 Å². The summed E-state index contributed by atoms with van der Waals surface area (Å²) in [7, 11) is 0. The molecule has 4 nitrogen and oxygen atoms in total. The highest BCUT2D eigenvalue weighted by Gasteiger charge is 2.53. The lowest BCUT2D eigenvalue weighted by molar-refractivity contribution is -0.139. The number of rotatable bonds is 16. The molecule has 0 radical (unpaired) electrons. The van der Waals surface area contributed by atoms with Gasteiger partial charge in [-0.05, 0) is 31.1 Å². The normalized spacial score (nSPS) is 22.5. The van der Waals surface area contributed by atoms with Gasteiger partial charge in [-0.15, -0.1) is 0 Å². The summed E-state index contributed by atoms with van der Waals surface area (Å²) < 4.78 is 0. The van der Waals surface area contributed by atoms with Crippen molar-refractivity contribution < 1.29 is 19.8 Å². The molecule has 0 spiro atoms. The summed E-state index contributed by atoms with van der Waals surface area (Å²) in [5.41, 5.74) is 0. The first-order valence-corrected chi connectivity index (χ1v) is 10.0. The van der Waals surface area contributed by atoms with Crippen LogP contribution in [0.4, 0.5) is 0 Å². The molecule has 3 unspecified atom stereocenters. The quantitative estimate of drug-likeness (QED) is 0.364. The molecule has 2 N–H and O–H groups in total. The van der Waals surface area contributed by atoms with Gasteiger partial charge in [0.05, 0.1) is 5.92 Å². The molecule has 0 saturated heterocycles. The van der Waals surface area contributed by atoms with Crippen molar-refractivity contribution in [2.24, 2.45) is 17.8 Å². The zero-order valence-electron chi connectivity index (χ0n) is 15.3. The number of aliphatic carboxylic acids is 2. The fourth-order valence-corrected chi connectivity index (χ4v) is 3.95. The Labute approximate surface area is 147 Å². The number of carboxylic acids is 2. The van der Waals surface area contributed by atoms with E-state index in [9.17, 15) is 14.7 Å². The van der Waals surface area contributed by atoms with Crippen LogP contribution in [0.5, 0.6) is 0 Å². The van der Waals surface area contributed by atoms with E-state index in [0.717, 1.165) is 25.7 Å². The van der Waals surface area contributed by atoms with Crippen LogP contribution in [0.15, 0.2) is 0 Å². The maximum atomic E-state index is 11.3. The van der Waals surface area contributed by atoms with Gasteiger partial charge in [0.15, 0.2) is 0 Å². The van der Waals surface area contributed by atoms with Crippen LogP contribution >= 0.6 is 0 Å². The van der Waals surface area contributed by atoms with Gasteiger partial charge in [-0.25, -0.2) is 0 Å². The van der Waals surface area contributed by atoms with Crippen LogP contribution in [0.25, 0.3) is 0 Å². The third-order valence-corrected chi connectivity index (χ3v) is 5.44. The number of carbonyl (C=O) groups is 2. The minimum absolute atomic E-state index is 0.163. The molecule has 1 rings (SSSR count). The molecular formula is C20H36O4. The van der Waals surface area contributed by atoms with Gasteiger partial charge < -0.3 is 10.2 Å². The molecular weight excluding hydrogens is 304 g/mol. The summed E-state index contributed by atoms with van der Waals surface area (Å²) in [6, 6.07) is 0. The van der Waals surface area contributed by atoms with Crippen molar-refractivity contribution in [1.82, 2.24) is 0 Å². The molecule has 1 aliphatic carbocycles. The van der Waals surface area contributed by atoms with Crippen LogP contribution < -0.4 is 0 Å². The first-order chi connectivity index (χ1) is 11.6. The lowest BCUT2D eigenvalue weighted by Crippen LogP contribution is -2.01. The van der Waals surface area contributed by atoms with Crippen LogP contribution in [0, 0.1) is 17.8 Å². The maximum Gasteiger partial charge on any atom is 0.307 e. The maximum absolute atomic E-state index is 11.3. The van der Waals surface area contributed by atoms with Crippen molar-refractivity contribution in [3.8, 4) is 0 Å². The summed E-state index contributed by atoms with van der Waals surface area (Å²) in [4.78, 5) is 21.8. The molecule has 0 bridgehead atoms. The SMILES string of the molecule is CCCCCCCCCCCC1C(CCCCC(=O)O)C1C(=O)O. The molecule has 0 aromatic rings. The van der Waals surface area contributed by atoms with Gasteiger partial charge in [-0.3, -0.25) is 9.59 Å². The van der Waals surface area contributed by atoms with E-state index in [0.29, 0.717) is 18.3 Å². The zero-order valence-corrected chi connectivity index (χ0v) is 15.3. The van der Waals surface area contributed by atoms with E-state index in [2.05, 4.69) is 6.92 Å². The summed E-state index contributed by atoms with van der Waals surface area (Å²) in [5.74, 6) is -0.933. The second-order valence-corrected chi connectivity index (χ2v) is 7.45. The third kappa shape index (κ3) is 8.70. The first-order valence-electron chi connectivity index (χ1n) is 10.0. The average Bonchev–Trinajstić information content (AvgIpc) is 3.23. The molecule has 0 aromatic heterocycles. The smallest absolute Gasteiger partial charge is 0.307 e. The summed E-state index contributed by atoms with van der Waals surface area (Å²) in [6.07, 6.45) is 15.3. The summed E-state index contributed by atoms with van der Waals surface area (Å²) >= 11 is 0. The van der Waals surface area contributed by atoms with Crippen molar-refractivity contribution in [3.05, 3.63) is 0 Å². The van der Waals surface area contributed by atoms with Crippen LogP contribution in [-0.4, -0.2) is 22.2 Å². The highest BCUT2D eigenvalue weighted by Crippen LogP contribution is 2.52. The fraction of sp³-hybridized carbons (Fsp3) is 0.900. The molecule has 0 heterocycles. The monoisotopic (exact) mass is 340 g/mol. The Morgan fingerprint density at radius 2 is 1.17 bits per heavy atom. The van der Waals surface area contributed by atoms with Crippen LogP contribution in [0.3, 0.4) is 0 Å². The largest absolute Gasteiger partial charge is 0.481 e. The Morgan fingerprint density at radius 3 is 1.62 bits per heavy atom. The van der Waals surface area contributed by atoms with E-state index in [-0.39, 0.29) is 12.3 Å². The standard InChI is InChI=1S/C20H36O4/c1-2-3-4-5-6-7-8-9-10-13-16-17(19(16)20(23)24)14-11-12-15-18(21)22/h16-17,19H,2-15H2,1H3,(H,21,22)(H,23,24). The Bertz CT molecular complexity index is 367. The molecule has 0 amide bonds. The summed E-state index contributed by atoms with van der Waals surface area (Å²) in [5, 5.41) is 17.9. The second kappa shape index (κ2) is 12.3. The van der Waals surface area contributed by atoms with Gasteiger partial charge in [0.25, 0.3) is 0 Å². The predicted octanol–water partition coefficient (Wildman–Crippen LogP) is 5.50. The molecule has 1 saturated carbocycles. The van der Waals surface area contributed by atoms with Crippen molar-refractivity contribution in [3.63, 3.8) is 0 Å². The fourth-order valence-electron chi connectivity index (χ4n) is 3.95. The van der Waals surface area contributed by atoms with E-state index in [1.54, 1.807) is 0 Å². The van der Waals surface area contributed by atoms with Crippen molar-refractivity contribution in [1.29, 1.82) is 0 Å². The van der Waals surface area contributed by atoms with Gasteiger partial charge in [-0.2, -0.15) is 0 Å². The lowest BCUT2D eigenvalue weighted by atomic mass is 10.0. The molecule has 24 heavy (non-hydrogen) atoms. The molecule has 1 fully saturated rings. The Morgan fingerprint density at radius 1 is 0.708 bits per heavy atom. The molecule has 0 aliphatic heterocycles. The molecule has 3 atom stereocenters. The topological polar surface area (TPSA) is 74.6 Å². The van der Waals surface area contributed by atoms with E-state index < -0.39 is 11.9 Å². The van der Waals surface area contributed by atoms with Crippen molar-refractivity contribution in [2.75, 3.05) is 0 Å². The highest BCUT2D eigenvalue weighted by molar-refractivity contribution is 5.74. The van der Waals surface area contributed by atoms with Gasteiger partial charge in [-0.1, -0.05) is 71.1 Å². The zero-order chi connectivity index (χ0) is 17.8. The molecule has 1 aliphatic rings. The lowest BCUT2D eigenvalue weighted by Gasteiger charge is -2.02. The van der Waals surface area contributed by atoms with Crippen molar-refractivity contribution in [2.45, 2.75) is 96.8 Å². The number of carboxylic acid groups (broad SMARTS) is 2. The first kappa shape index (κ1) is 21.0. The van der Waals surface area contributed by atoms with Gasteiger partial charge in [0.2, 0.25) is 0 Å². The minimum atomic E-state index is -0.758. The average molecular weight is 341 g/mol. The van der Waals surface area contributed by atoms with Gasteiger partial charge >= 0.3 is 11.9 Å². The number of hydrogen-bond donors (Lipinski definition) is 2. The van der Waals surface area contributed by atoms with Crippen molar-refractivity contribution >= 4 is 11.9 Å². The van der Waals surface area contributed by atoms with E-state index in [4.69, 9.17) is 5.11 Å². The molecule has 4 heteroatoms. The van der Waals surface area contributed by atoms with Crippen LogP contribution in [0.2, 0.25) is 0 Å². The van der Waals surface area contributed by atoms with Gasteiger partial charge in [0, 0.05) is 6.42 Å². The Kier molecular flexibility index (Phi) is 10.8. The van der Waals surface area contributed by atoms with E-state index in [1.807, 2.05) is 0 Å². The minimum Gasteiger partial charge on any atom is -0.481 e.